The molecule has 0 radical (unpaired) electrons. The van der Waals surface area contributed by atoms with Gasteiger partial charge < -0.3 is 14.8 Å². The minimum absolute atomic E-state index is 0.109. The van der Waals surface area contributed by atoms with Crippen LogP contribution in [0, 0.1) is 11.6 Å². The first-order chi connectivity index (χ1) is 12.0. The van der Waals surface area contributed by atoms with E-state index in [4.69, 9.17) is 9.47 Å². The summed E-state index contributed by atoms with van der Waals surface area (Å²) in [6.45, 7) is 8.93. The quantitative estimate of drug-likeness (QED) is 0.819. The van der Waals surface area contributed by atoms with E-state index in [0.717, 1.165) is 12.1 Å². The Labute approximate surface area is 152 Å². The number of carbonyl (C=O) groups is 2. The molecule has 1 aromatic carbocycles. The zero-order valence-corrected chi connectivity index (χ0v) is 15.8. The van der Waals surface area contributed by atoms with Gasteiger partial charge in [-0.05, 0) is 52.3 Å². The molecule has 1 atom stereocenters. The number of alkyl carbamates (subject to hydrolysis) is 1. The van der Waals surface area contributed by atoms with Crippen LogP contribution in [0.4, 0.5) is 18.4 Å². The Hall–Kier alpha value is -2.38. The molecule has 2 amide bonds. The SMILES string of the molecule is CCOC(=O)N(CCNC(=O)OC(C)(C)C)[C@@H](C)c1ccc(F)c(F)c1. The number of ether oxygens (including phenoxy) is 2. The molecule has 1 aromatic rings. The van der Waals surface area contributed by atoms with Gasteiger partial charge in [-0.25, -0.2) is 18.4 Å². The van der Waals surface area contributed by atoms with Gasteiger partial charge >= 0.3 is 12.2 Å². The molecule has 0 bridgehead atoms. The van der Waals surface area contributed by atoms with Crippen molar-refractivity contribution in [1.29, 1.82) is 0 Å². The van der Waals surface area contributed by atoms with E-state index >= 15 is 0 Å². The van der Waals surface area contributed by atoms with Gasteiger partial charge in [-0.2, -0.15) is 0 Å². The first-order valence-electron chi connectivity index (χ1n) is 8.40. The third-order valence-corrected chi connectivity index (χ3v) is 3.42. The zero-order chi connectivity index (χ0) is 19.9. The number of hydrogen-bond acceptors (Lipinski definition) is 4. The van der Waals surface area contributed by atoms with Crippen LogP contribution in [0.25, 0.3) is 0 Å². The Morgan fingerprint density at radius 1 is 1.23 bits per heavy atom. The molecule has 0 aliphatic rings. The largest absolute Gasteiger partial charge is 0.450 e. The highest BCUT2D eigenvalue weighted by atomic mass is 19.2. The predicted molar refractivity (Wildman–Crippen MR) is 92.7 cm³/mol. The molecule has 26 heavy (non-hydrogen) atoms. The fraction of sp³-hybridized carbons (Fsp3) is 0.556. The van der Waals surface area contributed by atoms with Crippen molar-refractivity contribution in [3.8, 4) is 0 Å². The summed E-state index contributed by atoms with van der Waals surface area (Å²) in [5.41, 5.74) is -0.224. The van der Waals surface area contributed by atoms with Crippen molar-refractivity contribution >= 4 is 12.2 Å². The molecule has 1 rings (SSSR count). The lowest BCUT2D eigenvalue weighted by Gasteiger charge is -2.29. The van der Waals surface area contributed by atoms with Crippen molar-refractivity contribution in [3.05, 3.63) is 35.4 Å². The standard InChI is InChI=1S/C18H26F2N2O4/c1-6-25-17(24)22(10-9-21-16(23)26-18(3,4)5)12(2)13-7-8-14(19)15(20)11-13/h7-8,11-12H,6,9-10H2,1-5H3,(H,21,23)/t12-/m0/s1. The molecule has 0 aliphatic carbocycles. The molecule has 0 fully saturated rings. The van der Waals surface area contributed by atoms with Gasteiger partial charge in [0.1, 0.15) is 5.60 Å². The highest BCUT2D eigenvalue weighted by Crippen LogP contribution is 2.22. The van der Waals surface area contributed by atoms with Gasteiger partial charge in [-0.1, -0.05) is 6.07 Å². The summed E-state index contributed by atoms with van der Waals surface area (Å²) in [6, 6.07) is 2.86. The minimum Gasteiger partial charge on any atom is -0.450 e. The number of amides is 2. The predicted octanol–water partition coefficient (Wildman–Crippen LogP) is 4.01. The fourth-order valence-corrected chi connectivity index (χ4v) is 2.19. The number of benzene rings is 1. The lowest BCUT2D eigenvalue weighted by molar-refractivity contribution is 0.0510. The molecule has 1 N–H and O–H groups in total. The maximum Gasteiger partial charge on any atom is 0.410 e. The average molecular weight is 372 g/mol. The maximum absolute atomic E-state index is 13.5. The third-order valence-electron chi connectivity index (χ3n) is 3.42. The van der Waals surface area contributed by atoms with E-state index < -0.39 is 35.5 Å². The van der Waals surface area contributed by atoms with Crippen LogP contribution in [0.15, 0.2) is 18.2 Å². The van der Waals surface area contributed by atoms with E-state index in [-0.39, 0.29) is 19.7 Å². The van der Waals surface area contributed by atoms with Gasteiger partial charge in [0.2, 0.25) is 0 Å². The molecule has 0 aliphatic heterocycles. The van der Waals surface area contributed by atoms with Crippen LogP contribution in [0.2, 0.25) is 0 Å². The van der Waals surface area contributed by atoms with Crippen molar-refractivity contribution in [1.82, 2.24) is 10.2 Å². The van der Waals surface area contributed by atoms with Crippen LogP contribution in [0.5, 0.6) is 0 Å². The molecule has 0 unspecified atom stereocenters. The molecular weight excluding hydrogens is 346 g/mol. The summed E-state index contributed by atoms with van der Waals surface area (Å²) >= 11 is 0. The van der Waals surface area contributed by atoms with E-state index in [1.54, 1.807) is 34.6 Å². The maximum atomic E-state index is 13.5. The Morgan fingerprint density at radius 3 is 2.42 bits per heavy atom. The van der Waals surface area contributed by atoms with Gasteiger partial charge in [-0.15, -0.1) is 0 Å². The fourth-order valence-electron chi connectivity index (χ4n) is 2.19. The summed E-state index contributed by atoms with van der Waals surface area (Å²) in [6.07, 6.45) is -1.22. The second kappa shape index (κ2) is 9.35. The molecule has 0 saturated carbocycles. The number of halogens is 2. The van der Waals surface area contributed by atoms with Crippen LogP contribution in [-0.4, -0.2) is 42.4 Å². The number of nitrogens with one attached hydrogen (secondary N) is 1. The Morgan fingerprint density at radius 2 is 1.88 bits per heavy atom. The first kappa shape index (κ1) is 21.7. The molecule has 8 heteroatoms. The van der Waals surface area contributed by atoms with E-state index in [0.29, 0.717) is 5.56 Å². The van der Waals surface area contributed by atoms with Gasteiger partial charge in [0.15, 0.2) is 11.6 Å². The Bertz CT molecular complexity index is 632. The van der Waals surface area contributed by atoms with Crippen molar-refractivity contribution in [2.75, 3.05) is 19.7 Å². The average Bonchev–Trinajstić information content (AvgIpc) is 2.52. The van der Waals surface area contributed by atoms with E-state index in [2.05, 4.69) is 5.32 Å². The van der Waals surface area contributed by atoms with Crippen LogP contribution >= 0.6 is 0 Å². The highest BCUT2D eigenvalue weighted by molar-refractivity contribution is 5.69. The topological polar surface area (TPSA) is 67.9 Å². The van der Waals surface area contributed by atoms with Crippen LogP contribution in [0.3, 0.4) is 0 Å². The normalized spacial score (nSPS) is 12.3. The molecule has 0 spiro atoms. The number of carbonyl (C=O) groups excluding carboxylic acids is 2. The summed E-state index contributed by atoms with van der Waals surface area (Å²) < 4.78 is 36.8. The monoisotopic (exact) mass is 372 g/mol. The second-order valence-electron chi connectivity index (χ2n) is 6.67. The Balaban J connectivity index is 2.79. The molecule has 0 aromatic heterocycles. The Kier molecular flexibility index (Phi) is 7.79. The van der Waals surface area contributed by atoms with E-state index in [1.807, 2.05) is 0 Å². The van der Waals surface area contributed by atoms with E-state index in [1.165, 1.54) is 11.0 Å². The van der Waals surface area contributed by atoms with Gasteiger partial charge in [0.25, 0.3) is 0 Å². The lowest BCUT2D eigenvalue weighted by atomic mass is 10.1. The zero-order valence-electron chi connectivity index (χ0n) is 15.8. The highest BCUT2D eigenvalue weighted by Gasteiger charge is 2.24. The van der Waals surface area contributed by atoms with Crippen molar-refractivity contribution in [2.24, 2.45) is 0 Å². The minimum atomic E-state index is -0.995. The van der Waals surface area contributed by atoms with Crippen molar-refractivity contribution < 1.29 is 27.8 Å². The van der Waals surface area contributed by atoms with Crippen molar-refractivity contribution in [2.45, 2.75) is 46.3 Å². The van der Waals surface area contributed by atoms with Gasteiger partial charge in [0.05, 0.1) is 12.6 Å². The first-order valence-corrected chi connectivity index (χ1v) is 8.40. The van der Waals surface area contributed by atoms with Crippen LogP contribution < -0.4 is 5.32 Å². The third kappa shape index (κ3) is 6.85. The molecule has 146 valence electrons. The number of nitrogens with zero attached hydrogens (tertiary/aromatic N) is 1. The molecule has 6 nitrogen and oxygen atoms in total. The van der Waals surface area contributed by atoms with Gasteiger partial charge in [-0.3, -0.25) is 4.90 Å². The van der Waals surface area contributed by atoms with Gasteiger partial charge in [0, 0.05) is 13.1 Å². The summed E-state index contributed by atoms with van der Waals surface area (Å²) in [4.78, 5) is 25.2. The molecule has 0 heterocycles. The summed E-state index contributed by atoms with van der Waals surface area (Å²) in [5, 5.41) is 2.55. The molecule has 0 saturated heterocycles. The smallest absolute Gasteiger partial charge is 0.410 e. The second-order valence-corrected chi connectivity index (χ2v) is 6.67. The molecular formula is C18H26F2N2O4. The lowest BCUT2D eigenvalue weighted by Crippen LogP contribution is -2.41. The summed E-state index contributed by atoms with van der Waals surface area (Å²) in [5.74, 6) is -1.96. The summed E-state index contributed by atoms with van der Waals surface area (Å²) in [7, 11) is 0. The number of hydrogen-bond donors (Lipinski definition) is 1. The van der Waals surface area contributed by atoms with Crippen LogP contribution in [-0.2, 0) is 9.47 Å². The van der Waals surface area contributed by atoms with Crippen molar-refractivity contribution in [3.63, 3.8) is 0 Å². The van der Waals surface area contributed by atoms with E-state index in [9.17, 15) is 18.4 Å². The van der Waals surface area contributed by atoms with Crippen LogP contribution in [0.1, 0.15) is 46.2 Å². The number of rotatable bonds is 6.